The van der Waals surface area contributed by atoms with Crippen LogP contribution in [0, 0.1) is 0 Å². The van der Waals surface area contributed by atoms with Crippen LogP contribution in [0.4, 0.5) is 4.79 Å². The number of amides is 2. The molecule has 0 rings (SSSR count). The molecular weight excluding hydrogens is 211 g/mol. The Morgan fingerprint density at radius 2 is 1.80 bits per heavy atom. The molecule has 0 aromatic heterocycles. The molecule has 0 fully saturated rings. The molecule has 88 valence electrons. The quantitative estimate of drug-likeness (QED) is 0.430. The Hall–Kier alpha value is -0.640. The maximum Gasteiger partial charge on any atom is 0.314 e. The summed E-state index contributed by atoms with van der Waals surface area (Å²) in [5.41, 5.74) is 0.938. The van der Waals surface area contributed by atoms with Gasteiger partial charge in [0.05, 0.1) is 5.54 Å². The lowest BCUT2D eigenvalue weighted by atomic mass is 10.4. The standard InChI is InChI=1S/C9H21N4OP/c1-4-10-8(14)11-6-5-7-12-9(15)13(2)3/h12,15H,4-7H2,1-3H3,(H2,10,11,14). The number of rotatable bonds is 7. The largest absolute Gasteiger partial charge is 0.338 e. The minimum atomic E-state index is -0.104. The summed E-state index contributed by atoms with van der Waals surface area (Å²) in [7, 11) is 7.32. The van der Waals surface area contributed by atoms with E-state index in [1.54, 1.807) is 0 Å². The Labute approximate surface area is 93.8 Å². The van der Waals surface area contributed by atoms with Crippen LogP contribution in [-0.2, 0) is 0 Å². The van der Waals surface area contributed by atoms with Crippen molar-refractivity contribution in [3.05, 3.63) is 0 Å². The lowest BCUT2D eigenvalue weighted by molar-refractivity contribution is 0.241. The van der Waals surface area contributed by atoms with Crippen molar-refractivity contribution in [2.75, 3.05) is 33.7 Å². The summed E-state index contributed by atoms with van der Waals surface area (Å²) in [5, 5.41) is 8.60. The molecule has 0 aliphatic heterocycles. The molecule has 0 unspecified atom stereocenters. The van der Waals surface area contributed by atoms with E-state index >= 15 is 0 Å². The minimum Gasteiger partial charge on any atom is -0.338 e. The van der Waals surface area contributed by atoms with Crippen molar-refractivity contribution in [3.63, 3.8) is 0 Å². The summed E-state index contributed by atoms with van der Waals surface area (Å²) >= 11 is 0. The van der Waals surface area contributed by atoms with Crippen LogP contribution < -0.4 is 16.0 Å². The highest BCUT2D eigenvalue weighted by Gasteiger charge is 1.98. The SMILES string of the molecule is CCNC(=O)NCCCNC(=P)N(C)C. The average molecular weight is 232 g/mol. The van der Waals surface area contributed by atoms with Gasteiger partial charge in [-0.3, -0.25) is 10.2 Å². The first-order chi connectivity index (χ1) is 7.07. The third-order valence-electron chi connectivity index (χ3n) is 1.72. The minimum absolute atomic E-state index is 0.104. The van der Waals surface area contributed by atoms with E-state index in [4.69, 9.17) is 0 Å². The van der Waals surface area contributed by atoms with Gasteiger partial charge in [0.1, 0.15) is 0 Å². The van der Waals surface area contributed by atoms with E-state index in [0.29, 0.717) is 13.1 Å². The van der Waals surface area contributed by atoms with Gasteiger partial charge in [-0.15, -0.1) is 0 Å². The Morgan fingerprint density at radius 3 is 2.33 bits per heavy atom. The van der Waals surface area contributed by atoms with Crippen molar-refractivity contribution in [2.45, 2.75) is 13.3 Å². The number of urea groups is 1. The van der Waals surface area contributed by atoms with Gasteiger partial charge in [-0.1, -0.05) is 8.86 Å². The number of nitrogens with one attached hydrogen (secondary N) is 3. The zero-order valence-electron chi connectivity index (χ0n) is 9.68. The molecular formula is C9H21N4OP. The molecule has 0 aliphatic rings. The molecule has 0 bridgehead atoms. The van der Waals surface area contributed by atoms with Crippen LogP contribution in [0.1, 0.15) is 13.3 Å². The molecule has 0 saturated carbocycles. The second kappa shape index (κ2) is 8.65. The van der Waals surface area contributed by atoms with Crippen molar-refractivity contribution in [1.29, 1.82) is 0 Å². The molecule has 0 atom stereocenters. The van der Waals surface area contributed by atoms with E-state index in [1.807, 2.05) is 25.9 Å². The molecule has 0 heterocycles. The number of nitrogens with zero attached hydrogens (tertiary/aromatic N) is 1. The first-order valence-corrected chi connectivity index (χ1v) is 5.59. The summed E-state index contributed by atoms with van der Waals surface area (Å²) in [6.07, 6.45) is 0.888. The Bertz CT molecular complexity index is 208. The van der Waals surface area contributed by atoms with E-state index in [-0.39, 0.29) is 6.03 Å². The van der Waals surface area contributed by atoms with E-state index in [2.05, 4.69) is 24.8 Å². The maximum atomic E-state index is 11.0. The molecule has 6 heteroatoms. The summed E-state index contributed by atoms with van der Waals surface area (Å²) in [6, 6.07) is -0.104. The normalized spacial score (nSPS) is 10.1. The third-order valence-corrected chi connectivity index (χ3v) is 2.34. The van der Waals surface area contributed by atoms with Crippen LogP contribution in [0.5, 0.6) is 0 Å². The zero-order valence-corrected chi connectivity index (χ0v) is 10.7. The maximum absolute atomic E-state index is 11.0. The average Bonchev–Trinajstić information content (AvgIpc) is 2.17. The highest BCUT2D eigenvalue weighted by atomic mass is 31.0. The second-order valence-electron chi connectivity index (χ2n) is 3.31. The van der Waals surface area contributed by atoms with Crippen molar-refractivity contribution in [1.82, 2.24) is 20.9 Å². The summed E-state index contributed by atoms with van der Waals surface area (Å²) in [5.74, 6) is 0. The van der Waals surface area contributed by atoms with Gasteiger partial charge in [0.25, 0.3) is 0 Å². The lowest BCUT2D eigenvalue weighted by Gasteiger charge is -2.13. The van der Waals surface area contributed by atoms with Gasteiger partial charge in [-0.25, -0.2) is 4.79 Å². The van der Waals surface area contributed by atoms with Gasteiger partial charge < -0.3 is 10.6 Å². The highest BCUT2D eigenvalue weighted by molar-refractivity contribution is 7.20. The van der Waals surface area contributed by atoms with Gasteiger partial charge >= 0.3 is 6.03 Å². The van der Waals surface area contributed by atoms with Gasteiger partial charge in [0.2, 0.25) is 0 Å². The zero-order chi connectivity index (χ0) is 11.7. The Kier molecular flexibility index (Phi) is 8.28. The molecule has 5 nitrogen and oxygen atoms in total. The molecule has 0 spiro atoms. The van der Waals surface area contributed by atoms with Crippen molar-refractivity contribution in [3.8, 4) is 0 Å². The second-order valence-corrected chi connectivity index (χ2v) is 3.78. The molecule has 3 N–H and O–H groups in total. The van der Waals surface area contributed by atoms with Gasteiger partial charge in [-0.2, -0.15) is 0 Å². The fraction of sp³-hybridized carbons (Fsp3) is 0.778. The molecule has 0 aliphatic carbocycles. The van der Waals surface area contributed by atoms with Crippen molar-refractivity contribution in [2.24, 2.45) is 0 Å². The van der Waals surface area contributed by atoms with Crippen molar-refractivity contribution < 1.29 is 4.79 Å². The molecule has 0 aromatic rings. The van der Waals surface area contributed by atoms with Gasteiger partial charge in [0.15, 0.2) is 0 Å². The predicted molar refractivity (Wildman–Crippen MR) is 66.7 cm³/mol. The number of carbonyl (C=O) groups excluding carboxylic acids is 1. The van der Waals surface area contributed by atoms with Gasteiger partial charge in [-0.05, 0) is 27.4 Å². The number of hydrogen-bond acceptors (Lipinski definition) is 1. The van der Waals surface area contributed by atoms with E-state index in [0.717, 1.165) is 18.5 Å². The van der Waals surface area contributed by atoms with Crippen LogP contribution in [0.2, 0.25) is 0 Å². The summed E-state index contributed by atoms with van der Waals surface area (Å²) < 4.78 is 0. The first kappa shape index (κ1) is 14.4. The Balaban J connectivity index is 3.32. The summed E-state index contributed by atoms with van der Waals surface area (Å²) in [4.78, 5) is 12.9. The molecule has 0 aromatic carbocycles. The first-order valence-electron chi connectivity index (χ1n) is 5.09. The van der Waals surface area contributed by atoms with Crippen LogP contribution in [0.3, 0.4) is 0 Å². The molecule has 2 amide bonds. The van der Waals surface area contributed by atoms with E-state index in [1.165, 1.54) is 0 Å². The van der Waals surface area contributed by atoms with E-state index < -0.39 is 0 Å². The molecule has 0 saturated heterocycles. The van der Waals surface area contributed by atoms with Crippen LogP contribution >= 0.6 is 8.86 Å². The number of carbonyl (C=O) groups is 1. The van der Waals surface area contributed by atoms with Crippen LogP contribution in [0.25, 0.3) is 0 Å². The number of hydrogen-bond donors (Lipinski definition) is 3. The van der Waals surface area contributed by atoms with E-state index in [9.17, 15) is 4.79 Å². The predicted octanol–water partition coefficient (Wildman–Crippen LogP) is 0.0770. The monoisotopic (exact) mass is 232 g/mol. The lowest BCUT2D eigenvalue weighted by Crippen LogP contribution is -2.38. The van der Waals surface area contributed by atoms with Crippen molar-refractivity contribution >= 4 is 20.4 Å². The smallest absolute Gasteiger partial charge is 0.314 e. The molecule has 15 heavy (non-hydrogen) atoms. The fourth-order valence-corrected chi connectivity index (χ4v) is 1.00. The Morgan fingerprint density at radius 1 is 1.20 bits per heavy atom. The van der Waals surface area contributed by atoms with Crippen LogP contribution in [-0.4, -0.2) is 50.2 Å². The topological polar surface area (TPSA) is 56.4 Å². The van der Waals surface area contributed by atoms with Gasteiger partial charge in [0, 0.05) is 19.6 Å². The summed E-state index contributed by atoms with van der Waals surface area (Å²) in [6.45, 7) is 4.04. The van der Waals surface area contributed by atoms with Crippen LogP contribution in [0.15, 0.2) is 0 Å². The molecule has 0 radical (unpaired) electrons. The third kappa shape index (κ3) is 8.36. The highest BCUT2D eigenvalue weighted by Crippen LogP contribution is 1.82. The fourth-order valence-electron chi connectivity index (χ4n) is 0.878.